The van der Waals surface area contributed by atoms with Gasteiger partial charge in [0.05, 0.1) is 11.8 Å². The summed E-state index contributed by atoms with van der Waals surface area (Å²) in [5.74, 6) is 0.211. The lowest BCUT2D eigenvalue weighted by molar-refractivity contribution is -0.118. The second-order valence-electron chi connectivity index (χ2n) is 5.37. The fourth-order valence-corrected chi connectivity index (χ4v) is 2.57. The number of amides is 2. The molecule has 2 heterocycles. The Morgan fingerprint density at radius 1 is 1.41 bits per heavy atom. The molecule has 0 saturated heterocycles. The highest BCUT2D eigenvalue weighted by Gasteiger charge is 2.24. The zero-order valence-electron chi connectivity index (χ0n) is 12.8. The van der Waals surface area contributed by atoms with E-state index in [1.165, 1.54) is 17.6 Å². The second-order valence-corrected chi connectivity index (χ2v) is 6.27. The number of rotatable bonds is 6. The van der Waals surface area contributed by atoms with Crippen LogP contribution in [0.5, 0.6) is 0 Å². The van der Waals surface area contributed by atoms with Crippen LogP contribution in [0.3, 0.4) is 0 Å². The molecule has 0 saturated carbocycles. The Labute approximate surface area is 132 Å². The molecule has 2 rings (SSSR count). The average molecular weight is 321 g/mol. The van der Waals surface area contributed by atoms with Gasteiger partial charge in [-0.3, -0.25) is 9.59 Å². The number of nitrogens with one attached hydrogen (secondary N) is 2. The van der Waals surface area contributed by atoms with Gasteiger partial charge < -0.3 is 15.1 Å². The monoisotopic (exact) mass is 321 g/mol. The number of nitrogens with zero attached hydrogens (tertiary/aromatic N) is 1. The Morgan fingerprint density at radius 3 is 2.73 bits per heavy atom. The van der Waals surface area contributed by atoms with Gasteiger partial charge in [0.1, 0.15) is 11.8 Å². The number of aryl methyl sites for hydroxylation is 1. The highest BCUT2D eigenvalue weighted by Crippen LogP contribution is 2.14. The lowest BCUT2D eigenvalue weighted by Crippen LogP contribution is -2.44. The average Bonchev–Trinajstić information content (AvgIpc) is 3.08. The van der Waals surface area contributed by atoms with Crippen LogP contribution in [0.1, 0.15) is 36.4 Å². The van der Waals surface area contributed by atoms with E-state index in [-0.39, 0.29) is 17.7 Å². The largest absolute Gasteiger partial charge is 0.469 e. The first-order chi connectivity index (χ1) is 10.5. The van der Waals surface area contributed by atoms with Crippen molar-refractivity contribution in [2.75, 3.05) is 5.32 Å². The first-order valence-corrected chi connectivity index (χ1v) is 7.90. The van der Waals surface area contributed by atoms with E-state index in [9.17, 15) is 9.59 Å². The van der Waals surface area contributed by atoms with E-state index in [4.69, 9.17) is 4.42 Å². The highest BCUT2D eigenvalue weighted by atomic mass is 32.1. The maximum absolute atomic E-state index is 12.4. The molecule has 22 heavy (non-hydrogen) atoms. The third kappa shape index (κ3) is 4.17. The van der Waals surface area contributed by atoms with Crippen molar-refractivity contribution in [2.24, 2.45) is 5.92 Å². The predicted octanol–water partition coefficient (Wildman–Crippen LogP) is 2.83. The van der Waals surface area contributed by atoms with Crippen molar-refractivity contribution in [1.82, 2.24) is 10.3 Å². The van der Waals surface area contributed by atoms with Crippen molar-refractivity contribution in [3.05, 3.63) is 35.2 Å². The van der Waals surface area contributed by atoms with Crippen molar-refractivity contribution in [2.45, 2.75) is 33.2 Å². The Hall–Kier alpha value is -2.15. The SMILES string of the molecule is Cc1occc1C(=O)N[C@H](CC(C)C)C(=O)Nc1nccs1. The Bertz CT molecular complexity index is 634. The topological polar surface area (TPSA) is 84.2 Å². The smallest absolute Gasteiger partial charge is 0.255 e. The normalized spacial score (nSPS) is 12.2. The molecule has 7 heteroatoms. The molecule has 2 amide bonds. The van der Waals surface area contributed by atoms with E-state index in [2.05, 4.69) is 15.6 Å². The molecule has 0 aliphatic rings. The molecule has 1 atom stereocenters. The van der Waals surface area contributed by atoms with E-state index in [0.717, 1.165) is 0 Å². The van der Waals surface area contributed by atoms with E-state index in [1.807, 2.05) is 13.8 Å². The van der Waals surface area contributed by atoms with Gasteiger partial charge in [0.15, 0.2) is 5.13 Å². The zero-order chi connectivity index (χ0) is 16.1. The van der Waals surface area contributed by atoms with Crippen LogP contribution in [0.2, 0.25) is 0 Å². The summed E-state index contributed by atoms with van der Waals surface area (Å²) in [6.45, 7) is 5.71. The molecule has 0 radical (unpaired) electrons. The van der Waals surface area contributed by atoms with Crippen LogP contribution in [0.4, 0.5) is 5.13 Å². The summed E-state index contributed by atoms with van der Waals surface area (Å²) in [7, 11) is 0. The molecule has 6 nitrogen and oxygen atoms in total. The van der Waals surface area contributed by atoms with Crippen LogP contribution in [-0.4, -0.2) is 22.8 Å². The summed E-state index contributed by atoms with van der Waals surface area (Å²) in [4.78, 5) is 28.6. The minimum atomic E-state index is -0.620. The van der Waals surface area contributed by atoms with Crippen LogP contribution in [-0.2, 0) is 4.79 Å². The summed E-state index contributed by atoms with van der Waals surface area (Å²) < 4.78 is 5.12. The van der Waals surface area contributed by atoms with Gasteiger partial charge in [-0.1, -0.05) is 13.8 Å². The summed E-state index contributed by atoms with van der Waals surface area (Å²) in [6, 6.07) is 0.973. The molecule has 0 bridgehead atoms. The molecule has 0 fully saturated rings. The molecule has 2 aromatic rings. The molecule has 0 aliphatic carbocycles. The molecular weight excluding hydrogens is 302 g/mol. The molecule has 0 aromatic carbocycles. The second kappa shape index (κ2) is 7.22. The minimum Gasteiger partial charge on any atom is -0.469 e. The van der Waals surface area contributed by atoms with E-state index in [1.54, 1.807) is 24.6 Å². The Morgan fingerprint density at radius 2 is 2.18 bits per heavy atom. The number of anilines is 1. The summed E-state index contributed by atoms with van der Waals surface area (Å²) in [5, 5.41) is 7.79. The number of hydrogen-bond acceptors (Lipinski definition) is 5. The van der Waals surface area contributed by atoms with Crippen molar-refractivity contribution < 1.29 is 14.0 Å². The zero-order valence-corrected chi connectivity index (χ0v) is 13.6. The van der Waals surface area contributed by atoms with Gasteiger partial charge in [-0.15, -0.1) is 11.3 Å². The van der Waals surface area contributed by atoms with Crippen molar-refractivity contribution in [3.63, 3.8) is 0 Å². The van der Waals surface area contributed by atoms with E-state index >= 15 is 0 Å². The molecule has 0 aliphatic heterocycles. The van der Waals surface area contributed by atoms with Gasteiger partial charge in [-0.25, -0.2) is 4.98 Å². The number of furan rings is 1. The highest BCUT2D eigenvalue weighted by molar-refractivity contribution is 7.13. The van der Waals surface area contributed by atoms with Crippen molar-refractivity contribution >= 4 is 28.3 Å². The molecule has 2 N–H and O–H groups in total. The summed E-state index contributed by atoms with van der Waals surface area (Å²) >= 11 is 1.34. The predicted molar refractivity (Wildman–Crippen MR) is 84.9 cm³/mol. The molecule has 0 unspecified atom stereocenters. The maximum Gasteiger partial charge on any atom is 0.255 e. The maximum atomic E-state index is 12.4. The van der Waals surface area contributed by atoms with Gasteiger partial charge in [0.25, 0.3) is 5.91 Å². The van der Waals surface area contributed by atoms with Gasteiger partial charge in [0, 0.05) is 11.6 Å². The molecule has 118 valence electrons. The Kier molecular flexibility index (Phi) is 5.32. The van der Waals surface area contributed by atoms with Crippen molar-refractivity contribution in [1.29, 1.82) is 0 Å². The number of carbonyl (C=O) groups excluding carboxylic acids is 2. The summed E-state index contributed by atoms with van der Waals surface area (Å²) in [5.41, 5.74) is 0.441. The van der Waals surface area contributed by atoms with E-state index < -0.39 is 6.04 Å². The van der Waals surface area contributed by atoms with Crippen LogP contribution < -0.4 is 10.6 Å². The van der Waals surface area contributed by atoms with Crippen LogP contribution in [0.25, 0.3) is 0 Å². The molecule has 0 spiro atoms. The third-order valence-corrected chi connectivity index (χ3v) is 3.78. The van der Waals surface area contributed by atoms with Crippen LogP contribution in [0, 0.1) is 12.8 Å². The summed E-state index contributed by atoms with van der Waals surface area (Å²) in [6.07, 6.45) is 3.61. The fourth-order valence-electron chi connectivity index (χ4n) is 2.04. The Balaban J connectivity index is 2.07. The first kappa shape index (κ1) is 16.2. The number of carbonyl (C=O) groups is 2. The lowest BCUT2D eigenvalue weighted by atomic mass is 10.0. The van der Waals surface area contributed by atoms with Gasteiger partial charge in [0.2, 0.25) is 5.91 Å². The van der Waals surface area contributed by atoms with Crippen LogP contribution in [0.15, 0.2) is 28.3 Å². The third-order valence-electron chi connectivity index (χ3n) is 3.09. The number of aromatic nitrogens is 1. The first-order valence-electron chi connectivity index (χ1n) is 7.02. The minimum absolute atomic E-state index is 0.262. The van der Waals surface area contributed by atoms with Gasteiger partial charge in [-0.2, -0.15) is 0 Å². The van der Waals surface area contributed by atoms with Gasteiger partial charge in [-0.05, 0) is 25.3 Å². The molecule has 2 aromatic heterocycles. The van der Waals surface area contributed by atoms with Crippen molar-refractivity contribution in [3.8, 4) is 0 Å². The molecular formula is C15H19N3O3S. The fraction of sp³-hybridized carbons (Fsp3) is 0.400. The van der Waals surface area contributed by atoms with Gasteiger partial charge >= 0.3 is 0 Å². The standard InChI is InChI=1S/C15H19N3O3S/c1-9(2)8-12(14(20)18-15-16-5-7-22-15)17-13(19)11-4-6-21-10(11)3/h4-7,9,12H,8H2,1-3H3,(H,17,19)(H,16,18,20)/t12-/m1/s1. The van der Waals surface area contributed by atoms with E-state index in [0.29, 0.717) is 22.9 Å². The van der Waals surface area contributed by atoms with Crippen LogP contribution >= 0.6 is 11.3 Å². The quantitative estimate of drug-likeness (QED) is 0.857. The number of thiazole rings is 1. The number of hydrogen-bond donors (Lipinski definition) is 2. The lowest BCUT2D eigenvalue weighted by Gasteiger charge is -2.19.